The second-order valence-electron chi connectivity index (χ2n) is 4.09. The largest absolute Gasteiger partial charge is 0.336 e. The molecular weight excluding hydrogens is 243 g/mol. The fourth-order valence-electron chi connectivity index (χ4n) is 1.92. The number of amides is 1. The zero-order valence-corrected chi connectivity index (χ0v) is 10.5. The van der Waals surface area contributed by atoms with Gasteiger partial charge in [-0.3, -0.25) is 4.79 Å². The lowest BCUT2D eigenvalue weighted by Crippen LogP contribution is -2.51. The van der Waals surface area contributed by atoms with Gasteiger partial charge in [-0.1, -0.05) is 12.1 Å². The molecular formula is C12H16ClFN2O. The highest BCUT2D eigenvalue weighted by molar-refractivity contribution is 5.94. The zero-order chi connectivity index (χ0) is 11.5. The van der Waals surface area contributed by atoms with E-state index in [1.807, 2.05) is 6.92 Å². The molecule has 1 saturated heterocycles. The van der Waals surface area contributed by atoms with E-state index in [9.17, 15) is 9.18 Å². The Hall–Kier alpha value is -1.13. The van der Waals surface area contributed by atoms with Crippen LogP contribution in [0.5, 0.6) is 0 Å². The number of hydrogen-bond acceptors (Lipinski definition) is 2. The summed E-state index contributed by atoms with van der Waals surface area (Å²) in [5, 5.41) is 3.25. The summed E-state index contributed by atoms with van der Waals surface area (Å²) in [6.07, 6.45) is 0. The molecule has 0 radical (unpaired) electrons. The van der Waals surface area contributed by atoms with Crippen LogP contribution in [0.3, 0.4) is 0 Å². The minimum atomic E-state index is -0.446. The van der Waals surface area contributed by atoms with Gasteiger partial charge in [0.25, 0.3) is 5.91 Å². The van der Waals surface area contributed by atoms with Gasteiger partial charge < -0.3 is 10.2 Å². The van der Waals surface area contributed by atoms with Crippen molar-refractivity contribution in [2.45, 2.75) is 13.0 Å². The summed E-state index contributed by atoms with van der Waals surface area (Å²) in [6.45, 7) is 4.05. The maximum atomic E-state index is 13.4. The highest BCUT2D eigenvalue weighted by Crippen LogP contribution is 2.11. The lowest BCUT2D eigenvalue weighted by Gasteiger charge is -2.32. The van der Waals surface area contributed by atoms with E-state index < -0.39 is 5.82 Å². The van der Waals surface area contributed by atoms with E-state index in [4.69, 9.17) is 0 Å². The Morgan fingerprint density at radius 1 is 1.47 bits per heavy atom. The summed E-state index contributed by atoms with van der Waals surface area (Å²) in [4.78, 5) is 13.7. The van der Waals surface area contributed by atoms with Crippen LogP contribution in [0.25, 0.3) is 0 Å². The molecule has 1 aromatic carbocycles. The maximum Gasteiger partial charge on any atom is 0.256 e. The fourth-order valence-corrected chi connectivity index (χ4v) is 1.92. The number of nitrogens with one attached hydrogen (secondary N) is 1. The van der Waals surface area contributed by atoms with Gasteiger partial charge in [-0.25, -0.2) is 4.39 Å². The molecule has 1 aliphatic rings. The van der Waals surface area contributed by atoms with Crippen molar-refractivity contribution in [2.75, 3.05) is 19.6 Å². The Kier molecular flexibility index (Phi) is 4.90. The number of nitrogens with zero attached hydrogens (tertiary/aromatic N) is 1. The van der Waals surface area contributed by atoms with Gasteiger partial charge in [-0.05, 0) is 19.1 Å². The summed E-state index contributed by atoms with van der Waals surface area (Å²) >= 11 is 0. The average molecular weight is 259 g/mol. The number of piperazine rings is 1. The fraction of sp³-hybridized carbons (Fsp3) is 0.417. The third-order valence-corrected chi connectivity index (χ3v) is 2.76. The molecule has 1 atom stereocenters. The third-order valence-electron chi connectivity index (χ3n) is 2.76. The van der Waals surface area contributed by atoms with Crippen LogP contribution in [0.2, 0.25) is 0 Å². The van der Waals surface area contributed by atoms with Crippen molar-refractivity contribution in [3.8, 4) is 0 Å². The van der Waals surface area contributed by atoms with Crippen molar-refractivity contribution in [3.05, 3.63) is 35.6 Å². The number of halogens is 2. The predicted molar refractivity (Wildman–Crippen MR) is 67.0 cm³/mol. The van der Waals surface area contributed by atoms with E-state index in [1.165, 1.54) is 12.1 Å². The van der Waals surface area contributed by atoms with E-state index in [-0.39, 0.29) is 29.9 Å². The van der Waals surface area contributed by atoms with Crippen LogP contribution in [0.4, 0.5) is 4.39 Å². The highest BCUT2D eigenvalue weighted by atomic mass is 35.5. The number of benzene rings is 1. The van der Waals surface area contributed by atoms with Crippen LogP contribution < -0.4 is 5.32 Å². The molecule has 2 rings (SSSR count). The van der Waals surface area contributed by atoms with Gasteiger partial charge in [-0.15, -0.1) is 12.4 Å². The summed E-state index contributed by atoms with van der Waals surface area (Å²) < 4.78 is 13.4. The molecule has 1 amide bonds. The summed E-state index contributed by atoms with van der Waals surface area (Å²) in [6, 6.07) is 6.39. The van der Waals surface area contributed by atoms with Crippen LogP contribution in [-0.4, -0.2) is 36.5 Å². The summed E-state index contributed by atoms with van der Waals surface area (Å²) in [5.41, 5.74) is 0.164. The number of carbonyl (C=O) groups excluding carboxylic acids is 1. The lowest BCUT2D eigenvalue weighted by atomic mass is 10.1. The van der Waals surface area contributed by atoms with Gasteiger partial charge in [0.1, 0.15) is 5.82 Å². The van der Waals surface area contributed by atoms with Gasteiger partial charge in [-0.2, -0.15) is 0 Å². The molecule has 0 spiro atoms. The van der Waals surface area contributed by atoms with Crippen molar-refractivity contribution < 1.29 is 9.18 Å². The second kappa shape index (κ2) is 5.98. The minimum absolute atomic E-state index is 0. The number of carbonyl (C=O) groups is 1. The lowest BCUT2D eigenvalue weighted by molar-refractivity contribution is 0.0704. The van der Waals surface area contributed by atoms with Crippen LogP contribution in [-0.2, 0) is 0 Å². The molecule has 0 bridgehead atoms. The standard InChI is InChI=1S/C12H15FN2O.ClH/c1-9-8-15(7-6-14-9)12(16)10-4-2-3-5-11(10)13;/h2-5,9,14H,6-8H2,1H3;1H. The van der Waals surface area contributed by atoms with Crippen LogP contribution in [0, 0.1) is 5.82 Å². The van der Waals surface area contributed by atoms with E-state index >= 15 is 0 Å². The van der Waals surface area contributed by atoms with Crippen LogP contribution >= 0.6 is 12.4 Å². The molecule has 1 N–H and O–H groups in total. The molecule has 1 fully saturated rings. The third kappa shape index (κ3) is 3.17. The quantitative estimate of drug-likeness (QED) is 0.831. The van der Waals surface area contributed by atoms with Gasteiger partial charge in [0.2, 0.25) is 0 Å². The Morgan fingerprint density at radius 2 is 2.18 bits per heavy atom. The highest BCUT2D eigenvalue weighted by Gasteiger charge is 2.23. The van der Waals surface area contributed by atoms with E-state index in [0.717, 1.165) is 6.54 Å². The monoisotopic (exact) mass is 258 g/mol. The van der Waals surface area contributed by atoms with E-state index in [0.29, 0.717) is 13.1 Å². The van der Waals surface area contributed by atoms with Gasteiger partial charge in [0.05, 0.1) is 5.56 Å². The van der Waals surface area contributed by atoms with Crippen LogP contribution in [0.1, 0.15) is 17.3 Å². The van der Waals surface area contributed by atoms with Crippen molar-refractivity contribution in [1.29, 1.82) is 0 Å². The molecule has 3 nitrogen and oxygen atoms in total. The zero-order valence-electron chi connectivity index (χ0n) is 9.65. The van der Waals surface area contributed by atoms with Crippen molar-refractivity contribution in [1.82, 2.24) is 10.2 Å². The number of hydrogen-bond donors (Lipinski definition) is 1. The maximum absolute atomic E-state index is 13.4. The topological polar surface area (TPSA) is 32.3 Å². The molecule has 5 heteroatoms. The Morgan fingerprint density at radius 3 is 2.82 bits per heavy atom. The first-order valence-corrected chi connectivity index (χ1v) is 5.45. The molecule has 94 valence electrons. The van der Waals surface area contributed by atoms with Gasteiger partial charge in [0.15, 0.2) is 0 Å². The van der Waals surface area contributed by atoms with Crippen LogP contribution in [0.15, 0.2) is 24.3 Å². The first kappa shape index (κ1) is 13.9. The molecule has 1 aromatic rings. The molecule has 1 heterocycles. The first-order chi connectivity index (χ1) is 7.68. The van der Waals surface area contributed by atoms with E-state index in [1.54, 1.807) is 17.0 Å². The van der Waals surface area contributed by atoms with Crippen molar-refractivity contribution in [2.24, 2.45) is 0 Å². The normalized spacial score (nSPS) is 19.6. The number of rotatable bonds is 1. The Bertz CT molecular complexity index is 400. The second-order valence-corrected chi connectivity index (χ2v) is 4.09. The summed E-state index contributed by atoms with van der Waals surface area (Å²) in [5.74, 6) is -0.662. The molecule has 1 aliphatic heterocycles. The Labute approximate surface area is 106 Å². The molecule has 17 heavy (non-hydrogen) atoms. The Balaban J connectivity index is 0.00000144. The van der Waals surface area contributed by atoms with Gasteiger partial charge in [0, 0.05) is 25.7 Å². The van der Waals surface area contributed by atoms with Crippen molar-refractivity contribution in [3.63, 3.8) is 0 Å². The molecule has 0 saturated carbocycles. The predicted octanol–water partition coefficient (Wildman–Crippen LogP) is 1.68. The van der Waals surface area contributed by atoms with Crippen molar-refractivity contribution >= 4 is 18.3 Å². The average Bonchev–Trinajstić information content (AvgIpc) is 2.29. The molecule has 0 aliphatic carbocycles. The SMILES string of the molecule is CC1CN(C(=O)c2ccccc2F)CCN1.Cl. The minimum Gasteiger partial charge on any atom is -0.336 e. The first-order valence-electron chi connectivity index (χ1n) is 5.45. The molecule has 0 aromatic heterocycles. The molecule has 1 unspecified atom stereocenters. The summed E-state index contributed by atoms with van der Waals surface area (Å²) in [7, 11) is 0. The van der Waals surface area contributed by atoms with E-state index in [2.05, 4.69) is 5.32 Å². The van der Waals surface area contributed by atoms with Gasteiger partial charge >= 0.3 is 0 Å². The smallest absolute Gasteiger partial charge is 0.256 e.